The Hall–Kier alpha value is -5.40. The molecule has 2 fully saturated rings. The van der Waals surface area contributed by atoms with Gasteiger partial charge in [0.2, 0.25) is 0 Å². The van der Waals surface area contributed by atoms with E-state index in [1.807, 2.05) is 0 Å². The van der Waals surface area contributed by atoms with Crippen molar-refractivity contribution in [2.24, 2.45) is 23.7 Å². The minimum absolute atomic E-state index is 0.0341. The highest BCUT2D eigenvalue weighted by Crippen LogP contribution is 2.64. The second kappa shape index (κ2) is 14.1. The molecule has 0 aliphatic heterocycles. The summed E-state index contributed by atoms with van der Waals surface area (Å²) in [5.74, 6) is 2.63. The Kier molecular flexibility index (Phi) is 8.77. The Bertz CT molecular complexity index is 2720. The van der Waals surface area contributed by atoms with Gasteiger partial charge in [0, 0.05) is 27.9 Å². The van der Waals surface area contributed by atoms with Gasteiger partial charge in [-0.3, -0.25) is 0 Å². The van der Waals surface area contributed by atoms with E-state index in [9.17, 15) is 0 Å². The lowest BCUT2D eigenvalue weighted by Crippen LogP contribution is -2.49. The van der Waals surface area contributed by atoms with Crippen LogP contribution in [0.5, 0.6) is 0 Å². The van der Waals surface area contributed by atoms with Gasteiger partial charge in [-0.25, -0.2) is 0 Å². The second-order valence-corrected chi connectivity index (χ2v) is 18.8. The van der Waals surface area contributed by atoms with Crippen LogP contribution < -0.4 is 4.90 Å². The average molecular weight is 768 g/mol. The van der Waals surface area contributed by atoms with Gasteiger partial charge in [0.15, 0.2) is 0 Å². The molecule has 2 saturated carbocycles. The van der Waals surface area contributed by atoms with Gasteiger partial charge in [-0.15, -0.1) is 0 Å². The zero-order valence-corrected chi connectivity index (χ0v) is 35.3. The quantitative estimate of drug-likeness (QED) is 0.156. The molecule has 4 aliphatic carbocycles. The Morgan fingerprint density at radius 1 is 0.525 bits per heavy atom. The van der Waals surface area contributed by atoms with Crippen molar-refractivity contribution in [3.8, 4) is 33.4 Å². The Balaban J connectivity index is 1.13. The van der Waals surface area contributed by atoms with E-state index in [1.165, 1.54) is 124 Å². The first-order valence-corrected chi connectivity index (χ1v) is 22.8. The van der Waals surface area contributed by atoms with Gasteiger partial charge in [0.25, 0.3) is 0 Å². The fourth-order valence-corrected chi connectivity index (χ4v) is 13.3. The molecule has 1 heteroatoms. The van der Waals surface area contributed by atoms with Gasteiger partial charge in [0.05, 0.1) is 0 Å². The summed E-state index contributed by atoms with van der Waals surface area (Å²) in [5, 5.41) is 2.57. The van der Waals surface area contributed by atoms with E-state index < -0.39 is 0 Å². The summed E-state index contributed by atoms with van der Waals surface area (Å²) in [4.78, 5) is 2.58. The largest absolute Gasteiger partial charge is 0.310 e. The van der Waals surface area contributed by atoms with Crippen LogP contribution >= 0.6 is 0 Å². The van der Waals surface area contributed by atoms with E-state index in [-0.39, 0.29) is 10.8 Å². The number of hydrogen-bond donors (Lipinski definition) is 0. The summed E-state index contributed by atoms with van der Waals surface area (Å²) < 4.78 is 0. The fraction of sp³-hybridized carbons (Fsp3) is 0.310. The molecule has 0 heterocycles. The van der Waals surface area contributed by atoms with Crippen molar-refractivity contribution >= 4 is 27.8 Å². The first-order chi connectivity index (χ1) is 29.0. The molecule has 7 aromatic rings. The smallest absolute Gasteiger partial charge is 0.0468 e. The van der Waals surface area contributed by atoms with E-state index in [4.69, 9.17) is 0 Å². The van der Waals surface area contributed by atoms with Crippen LogP contribution in [0.25, 0.3) is 44.2 Å². The van der Waals surface area contributed by atoms with Gasteiger partial charge in [-0.2, -0.15) is 0 Å². The Morgan fingerprint density at radius 3 is 1.95 bits per heavy atom. The second-order valence-electron chi connectivity index (χ2n) is 18.8. The van der Waals surface area contributed by atoms with Crippen LogP contribution in [0.4, 0.5) is 17.1 Å². The Morgan fingerprint density at radius 2 is 1.15 bits per heavy atom. The number of rotatable bonds is 7. The molecule has 0 bridgehead atoms. The molecular formula is C58H57N. The van der Waals surface area contributed by atoms with Gasteiger partial charge in [-0.05, 0) is 152 Å². The predicted molar refractivity (Wildman–Crippen MR) is 250 cm³/mol. The van der Waals surface area contributed by atoms with Gasteiger partial charge in [-0.1, -0.05) is 169 Å². The van der Waals surface area contributed by atoms with E-state index in [1.54, 1.807) is 11.1 Å². The van der Waals surface area contributed by atoms with Gasteiger partial charge >= 0.3 is 0 Å². The van der Waals surface area contributed by atoms with Crippen LogP contribution in [0, 0.1) is 23.7 Å². The lowest BCUT2D eigenvalue weighted by atomic mass is 9.50. The first-order valence-electron chi connectivity index (χ1n) is 22.8. The maximum absolute atomic E-state index is 2.59. The van der Waals surface area contributed by atoms with Crippen LogP contribution in [0.1, 0.15) is 101 Å². The highest BCUT2D eigenvalue weighted by Gasteiger charge is 2.56. The Labute approximate surface area is 352 Å². The average Bonchev–Trinajstić information content (AvgIpc) is 3.97. The fourth-order valence-electron chi connectivity index (χ4n) is 13.3. The van der Waals surface area contributed by atoms with Crippen molar-refractivity contribution in [2.75, 3.05) is 4.90 Å². The molecule has 4 atom stereocenters. The van der Waals surface area contributed by atoms with Gasteiger partial charge < -0.3 is 4.90 Å². The molecule has 7 aromatic carbocycles. The zero-order chi connectivity index (χ0) is 39.9. The molecule has 11 rings (SSSR count). The zero-order valence-electron chi connectivity index (χ0n) is 35.3. The number of hydrogen-bond acceptors (Lipinski definition) is 1. The van der Waals surface area contributed by atoms with Crippen LogP contribution in [0.3, 0.4) is 0 Å². The molecule has 0 aromatic heterocycles. The normalized spacial score (nSPS) is 22.2. The number of benzene rings is 7. The number of anilines is 3. The molecule has 0 amide bonds. The van der Waals surface area contributed by atoms with E-state index in [0.29, 0.717) is 17.8 Å². The molecule has 0 radical (unpaired) electrons. The standard InChI is InChI=1S/C58H57N/c1-5-39-33-42(6-2)58(55(34-39)38(3)4)53-26-12-10-23-49(53)51-36-44(28-30-54(51)58)59(43-20-15-19-41(35-43)47-24-16-18-40-17-7-8-21-46(40)47)45-27-29-50-48-22-9-11-25-52(48)57(56(50)37-45)31-13-14-32-57/h7-12,15-30,35-39,42,55H,5-6,13-14,31-34H2,1-4H3. The van der Waals surface area contributed by atoms with E-state index in [0.717, 1.165) is 5.92 Å². The highest BCUT2D eigenvalue weighted by molar-refractivity contribution is 5.98. The van der Waals surface area contributed by atoms with Crippen molar-refractivity contribution in [1.82, 2.24) is 0 Å². The van der Waals surface area contributed by atoms with E-state index in [2.05, 4.69) is 184 Å². The molecular weight excluding hydrogens is 711 g/mol. The lowest BCUT2D eigenvalue weighted by molar-refractivity contribution is 0.0634. The minimum Gasteiger partial charge on any atom is -0.310 e. The SMILES string of the molecule is CCC1CC(CC)C2(c3ccccc3-c3cc(N(c4cccc(-c5cccc6ccccc56)c4)c4ccc5c(c4)C4(CCCC4)c4ccccc4-5)ccc32)C(C(C)C)C1. The predicted octanol–water partition coefficient (Wildman–Crippen LogP) is 16.2. The molecule has 4 aliphatic rings. The summed E-state index contributed by atoms with van der Waals surface area (Å²) >= 11 is 0. The van der Waals surface area contributed by atoms with Crippen molar-refractivity contribution in [3.05, 3.63) is 174 Å². The lowest BCUT2D eigenvalue weighted by Gasteiger charge is -2.53. The third-order valence-electron chi connectivity index (χ3n) is 15.9. The summed E-state index contributed by atoms with van der Waals surface area (Å²) in [6, 6.07) is 58.7. The third kappa shape index (κ3) is 5.35. The van der Waals surface area contributed by atoms with Crippen molar-refractivity contribution in [1.29, 1.82) is 0 Å². The van der Waals surface area contributed by atoms with Gasteiger partial charge in [0.1, 0.15) is 0 Å². The first kappa shape index (κ1) is 36.7. The van der Waals surface area contributed by atoms with Crippen molar-refractivity contribution in [2.45, 2.75) is 89.9 Å². The van der Waals surface area contributed by atoms with E-state index >= 15 is 0 Å². The molecule has 1 nitrogen and oxygen atoms in total. The highest BCUT2D eigenvalue weighted by atomic mass is 15.1. The van der Waals surface area contributed by atoms with Crippen LogP contribution in [-0.4, -0.2) is 0 Å². The topological polar surface area (TPSA) is 3.24 Å². The maximum atomic E-state index is 2.59. The molecule has 0 saturated heterocycles. The van der Waals surface area contributed by atoms with Crippen molar-refractivity contribution < 1.29 is 0 Å². The monoisotopic (exact) mass is 767 g/mol. The summed E-state index contributed by atoms with van der Waals surface area (Å²) in [6.45, 7) is 9.89. The summed E-state index contributed by atoms with van der Waals surface area (Å²) in [6.07, 6.45) is 10.1. The van der Waals surface area contributed by atoms with Crippen molar-refractivity contribution in [3.63, 3.8) is 0 Å². The van der Waals surface area contributed by atoms with Crippen LogP contribution in [0.2, 0.25) is 0 Å². The molecule has 294 valence electrons. The summed E-state index contributed by atoms with van der Waals surface area (Å²) in [7, 11) is 0. The molecule has 0 N–H and O–H groups in total. The van der Waals surface area contributed by atoms with Crippen LogP contribution in [0.15, 0.2) is 152 Å². The molecule has 4 unspecified atom stereocenters. The molecule has 2 spiro atoms. The number of nitrogens with zero attached hydrogens (tertiary/aromatic N) is 1. The third-order valence-corrected chi connectivity index (χ3v) is 15.9. The summed E-state index contributed by atoms with van der Waals surface area (Å²) in [5.41, 5.74) is 18.3. The number of fused-ring (bicyclic) bond motifs is 11. The maximum Gasteiger partial charge on any atom is 0.0468 e. The van der Waals surface area contributed by atoms with Crippen LogP contribution in [-0.2, 0) is 10.8 Å². The molecule has 59 heavy (non-hydrogen) atoms. The minimum atomic E-state index is 0.0341.